The highest BCUT2D eigenvalue weighted by atomic mass is 79.9. The Hall–Kier alpha value is -1.65. The average molecular weight is 403 g/mol. The quantitative estimate of drug-likeness (QED) is 0.551. The minimum absolute atomic E-state index is 0. The molecular formula is C21H24BrFN2. The van der Waals surface area contributed by atoms with E-state index in [-0.39, 0.29) is 22.8 Å². The van der Waals surface area contributed by atoms with E-state index >= 15 is 0 Å². The van der Waals surface area contributed by atoms with Crippen LogP contribution in [0.3, 0.4) is 0 Å². The summed E-state index contributed by atoms with van der Waals surface area (Å²) in [6.07, 6.45) is 4.67. The van der Waals surface area contributed by atoms with Crippen molar-refractivity contribution >= 4 is 27.9 Å². The largest absolute Gasteiger partial charge is 0.316 e. The number of nitrogens with zero attached hydrogens (tertiary/aromatic N) is 2. The van der Waals surface area contributed by atoms with Gasteiger partial charge in [0.2, 0.25) is 0 Å². The highest BCUT2D eigenvalue weighted by Crippen LogP contribution is 2.36. The van der Waals surface area contributed by atoms with Crippen molar-refractivity contribution in [1.82, 2.24) is 9.47 Å². The first-order valence-electron chi connectivity index (χ1n) is 8.68. The smallest absolute Gasteiger partial charge is 0.123 e. The molecule has 0 N–H and O–H groups in total. The molecule has 1 aliphatic heterocycles. The third-order valence-electron chi connectivity index (χ3n) is 5.25. The molecule has 1 aromatic heterocycles. The van der Waals surface area contributed by atoms with Crippen molar-refractivity contribution in [3.8, 4) is 5.69 Å². The fourth-order valence-electron chi connectivity index (χ4n) is 3.83. The predicted octanol–water partition coefficient (Wildman–Crippen LogP) is 5.47. The number of halogens is 2. The average Bonchev–Trinajstić information content (AvgIpc) is 2.95. The Bertz CT molecular complexity index is 861. The molecule has 25 heavy (non-hydrogen) atoms. The van der Waals surface area contributed by atoms with Crippen LogP contribution in [0.25, 0.3) is 16.6 Å². The maximum atomic E-state index is 13.3. The second-order valence-corrected chi connectivity index (χ2v) is 7.03. The molecule has 4 rings (SSSR count). The van der Waals surface area contributed by atoms with E-state index in [0.29, 0.717) is 5.92 Å². The molecule has 0 bridgehead atoms. The van der Waals surface area contributed by atoms with Crippen LogP contribution in [0.1, 0.15) is 29.9 Å². The molecule has 2 aromatic carbocycles. The lowest BCUT2D eigenvalue weighted by molar-refractivity contribution is 0.256. The molecule has 1 aliphatic rings. The van der Waals surface area contributed by atoms with Crippen LogP contribution in [0, 0.1) is 12.7 Å². The molecule has 0 spiro atoms. The van der Waals surface area contributed by atoms with E-state index in [9.17, 15) is 4.39 Å². The summed E-state index contributed by atoms with van der Waals surface area (Å²) in [7, 11) is 2.20. The van der Waals surface area contributed by atoms with Gasteiger partial charge in [-0.3, -0.25) is 0 Å². The van der Waals surface area contributed by atoms with Crippen LogP contribution in [0.15, 0.2) is 48.7 Å². The fraction of sp³-hybridized carbons (Fsp3) is 0.333. The fourth-order valence-corrected chi connectivity index (χ4v) is 3.83. The highest BCUT2D eigenvalue weighted by molar-refractivity contribution is 8.93. The van der Waals surface area contributed by atoms with Crippen LogP contribution in [-0.4, -0.2) is 29.6 Å². The van der Waals surface area contributed by atoms with Crippen molar-refractivity contribution in [3.05, 3.63) is 65.6 Å². The summed E-state index contributed by atoms with van der Waals surface area (Å²) in [5, 5.41) is 1.34. The number of fused-ring (bicyclic) bond motifs is 1. The zero-order chi connectivity index (χ0) is 16.7. The Balaban J connectivity index is 0.00000182. The molecule has 4 heteroatoms. The number of benzene rings is 2. The van der Waals surface area contributed by atoms with Crippen LogP contribution in [0.5, 0.6) is 0 Å². The number of likely N-dealkylation sites (tertiary alicyclic amines) is 1. The lowest BCUT2D eigenvalue weighted by Crippen LogP contribution is -2.29. The summed E-state index contributed by atoms with van der Waals surface area (Å²) in [6.45, 7) is 4.45. The Labute approximate surface area is 159 Å². The van der Waals surface area contributed by atoms with Crippen LogP contribution in [0.2, 0.25) is 0 Å². The first kappa shape index (κ1) is 18.2. The van der Waals surface area contributed by atoms with Gasteiger partial charge < -0.3 is 9.47 Å². The van der Waals surface area contributed by atoms with E-state index < -0.39 is 0 Å². The lowest BCUT2D eigenvalue weighted by Gasteiger charge is -2.28. The van der Waals surface area contributed by atoms with E-state index in [1.165, 1.54) is 47.0 Å². The number of aryl methyl sites for hydroxylation is 1. The van der Waals surface area contributed by atoms with Crippen LogP contribution in [-0.2, 0) is 0 Å². The summed E-state index contributed by atoms with van der Waals surface area (Å²) in [5.41, 5.74) is 4.95. The van der Waals surface area contributed by atoms with Crippen LogP contribution < -0.4 is 0 Å². The first-order chi connectivity index (χ1) is 11.6. The topological polar surface area (TPSA) is 8.17 Å². The van der Waals surface area contributed by atoms with Gasteiger partial charge in [-0.1, -0.05) is 11.6 Å². The number of rotatable bonds is 2. The summed E-state index contributed by atoms with van der Waals surface area (Å²) < 4.78 is 15.5. The zero-order valence-corrected chi connectivity index (χ0v) is 16.4. The molecular weight excluding hydrogens is 379 g/mol. The maximum absolute atomic E-state index is 13.3. The molecule has 1 saturated heterocycles. The van der Waals surface area contributed by atoms with Crippen molar-refractivity contribution in [1.29, 1.82) is 0 Å². The van der Waals surface area contributed by atoms with Gasteiger partial charge in [-0.15, -0.1) is 17.0 Å². The van der Waals surface area contributed by atoms with E-state index in [1.54, 1.807) is 0 Å². The van der Waals surface area contributed by atoms with Crippen molar-refractivity contribution in [2.24, 2.45) is 0 Å². The Kier molecular flexibility index (Phi) is 5.30. The van der Waals surface area contributed by atoms with Gasteiger partial charge in [0, 0.05) is 17.3 Å². The second kappa shape index (κ2) is 7.30. The maximum Gasteiger partial charge on any atom is 0.123 e. The SMILES string of the molecule is Br.Cc1ccc2c(c1)c(C1CCN(C)CC1)cn2-c1ccc(F)cc1. The van der Waals surface area contributed by atoms with E-state index in [2.05, 4.69) is 47.8 Å². The normalized spacial score (nSPS) is 16.1. The number of hydrogen-bond acceptors (Lipinski definition) is 1. The molecule has 0 saturated carbocycles. The summed E-state index contributed by atoms with van der Waals surface area (Å²) in [5.74, 6) is 0.411. The standard InChI is InChI=1S/C21H23FN2.BrH/c1-15-3-8-21-19(13-15)20(16-9-11-23(2)12-10-16)14-24(21)18-6-4-17(22)5-7-18;/h3-8,13-14,16H,9-12H2,1-2H3;1H. The van der Waals surface area contributed by atoms with Gasteiger partial charge in [0.15, 0.2) is 0 Å². The lowest BCUT2D eigenvalue weighted by atomic mass is 9.89. The Morgan fingerprint density at radius 2 is 1.68 bits per heavy atom. The Morgan fingerprint density at radius 3 is 2.36 bits per heavy atom. The third kappa shape index (κ3) is 3.51. The van der Waals surface area contributed by atoms with E-state index in [1.807, 2.05) is 12.1 Å². The molecule has 0 unspecified atom stereocenters. The van der Waals surface area contributed by atoms with Crippen molar-refractivity contribution in [2.45, 2.75) is 25.7 Å². The highest BCUT2D eigenvalue weighted by Gasteiger charge is 2.22. The number of aromatic nitrogens is 1. The molecule has 2 heterocycles. The molecule has 0 radical (unpaired) electrons. The molecule has 0 aliphatic carbocycles. The second-order valence-electron chi connectivity index (χ2n) is 7.03. The summed E-state index contributed by atoms with van der Waals surface area (Å²) >= 11 is 0. The summed E-state index contributed by atoms with van der Waals surface area (Å²) in [6, 6.07) is 13.4. The van der Waals surface area contributed by atoms with Crippen molar-refractivity contribution in [2.75, 3.05) is 20.1 Å². The molecule has 2 nitrogen and oxygen atoms in total. The molecule has 1 fully saturated rings. The van der Waals surface area contributed by atoms with E-state index in [4.69, 9.17) is 0 Å². The predicted molar refractivity (Wildman–Crippen MR) is 108 cm³/mol. The molecule has 0 atom stereocenters. The Morgan fingerprint density at radius 1 is 1.00 bits per heavy atom. The minimum atomic E-state index is -0.193. The third-order valence-corrected chi connectivity index (χ3v) is 5.25. The summed E-state index contributed by atoms with van der Waals surface area (Å²) in [4.78, 5) is 2.40. The van der Waals surface area contributed by atoms with Crippen molar-refractivity contribution in [3.63, 3.8) is 0 Å². The first-order valence-corrected chi connectivity index (χ1v) is 8.68. The van der Waals surface area contributed by atoms with E-state index in [0.717, 1.165) is 18.8 Å². The van der Waals surface area contributed by atoms with Gasteiger partial charge in [0.25, 0.3) is 0 Å². The van der Waals surface area contributed by atoms with Gasteiger partial charge in [0.1, 0.15) is 5.82 Å². The minimum Gasteiger partial charge on any atom is -0.316 e. The zero-order valence-electron chi connectivity index (χ0n) is 14.7. The van der Waals surface area contributed by atoms with Crippen LogP contribution in [0.4, 0.5) is 4.39 Å². The van der Waals surface area contributed by atoms with Crippen molar-refractivity contribution < 1.29 is 4.39 Å². The number of piperidine rings is 1. The molecule has 132 valence electrons. The molecule has 0 amide bonds. The monoisotopic (exact) mass is 402 g/mol. The van der Waals surface area contributed by atoms with Crippen LogP contribution >= 0.6 is 17.0 Å². The van der Waals surface area contributed by atoms with Gasteiger partial charge in [0.05, 0.1) is 5.52 Å². The van der Waals surface area contributed by atoms with Gasteiger partial charge in [-0.2, -0.15) is 0 Å². The van der Waals surface area contributed by atoms with Gasteiger partial charge >= 0.3 is 0 Å². The van der Waals surface area contributed by atoms with Gasteiger partial charge in [-0.05, 0) is 87.8 Å². The number of hydrogen-bond donors (Lipinski definition) is 0. The van der Waals surface area contributed by atoms with Gasteiger partial charge in [-0.25, -0.2) is 4.39 Å². The molecule has 3 aromatic rings.